The molecule has 3 N–H and O–H groups in total. The Morgan fingerprint density at radius 1 is 1.00 bits per heavy atom. The number of hydrogen-bond donors (Lipinski definition) is 3. The highest BCUT2D eigenvalue weighted by Crippen LogP contribution is 2.43. The summed E-state index contributed by atoms with van der Waals surface area (Å²) in [6, 6.07) is 18.2. The van der Waals surface area contributed by atoms with Crippen LogP contribution in [0.1, 0.15) is 56.0 Å². The number of amides is 3. The van der Waals surface area contributed by atoms with Gasteiger partial charge in [0.2, 0.25) is 0 Å². The molecule has 2 fully saturated rings. The van der Waals surface area contributed by atoms with Crippen LogP contribution in [0.15, 0.2) is 89.7 Å². The van der Waals surface area contributed by atoms with Crippen molar-refractivity contribution in [3.8, 4) is 11.5 Å². The summed E-state index contributed by atoms with van der Waals surface area (Å²) in [5.74, 6) is -0.124. The average Bonchev–Trinajstić information content (AvgIpc) is 3.77. The van der Waals surface area contributed by atoms with Gasteiger partial charge in [-0.15, -0.1) is 0 Å². The molecule has 0 bridgehead atoms. The predicted octanol–water partition coefficient (Wildman–Crippen LogP) is 8.15. The lowest BCUT2D eigenvalue weighted by atomic mass is 9.72. The smallest absolute Gasteiger partial charge is 0.319 e. The molecular formula is C47H55Cl2N9O6S. The van der Waals surface area contributed by atoms with E-state index in [-0.39, 0.29) is 51.1 Å². The Morgan fingerprint density at radius 3 is 2.54 bits per heavy atom. The van der Waals surface area contributed by atoms with E-state index in [1.807, 2.05) is 31.2 Å². The van der Waals surface area contributed by atoms with Crippen molar-refractivity contribution in [1.29, 1.82) is 0 Å². The lowest BCUT2D eigenvalue weighted by Gasteiger charge is -2.39. The first-order valence-electron chi connectivity index (χ1n) is 21.9. The van der Waals surface area contributed by atoms with E-state index in [0.717, 1.165) is 74.3 Å². The summed E-state index contributed by atoms with van der Waals surface area (Å²) in [4.78, 5) is 46.2. The number of H-pyrrole nitrogens is 1. The molecule has 5 aromatic rings. The normalized spacial score (nSPS) is 18.2. The van der Waals surface area contributed by atoms with Crippen LogP contribution in [-0.2, 0) is 14.8 Å². The van der Waals surface area contributed by atoms with Gasteiger partial charge in [0, 0.05) is 94.0 Å². The van der Waals surface area contributed by atoms with Crippen LogP contribution in [-0.4, -0.2) is 129 Å². The lowest BCUT2D eigenvalue weighted by molar-refractivity contribution is -0.0108. The molecule has 18 heteroatoms. The lowest BCUT2D eigenvalue weighted by Crippen LogP contribution is -2.51. The SMILES string of the molecule is CCN(C)C(=O)N1CCOC(CNc2ncc(S(=O)(=O)NC(=O)c3ccc(N4CCN(CC5=C(c6ccc(Cl)cc6)CC(C)(C)CC5)CC4)cc3Oc3cnc4[nH]ccc4c3)cc2Cl)C1. The fourth-order valence-electron chi connectivity index (χ4n) is 8.52. The van der Waals surface area contributed by atoms with E-state index in [4.69, 9.17) is 32.7 Å². The average molecular weight is 945 g/mol. The number of urea groups is 1. The van der Waals surface area contributed by atoms with Gasteiger partial charge in [-0.2, -0.15) is 0 Å². The number of pyridine rings is 2. The van der Waals surface area contributed by atoms with Crippen LogP contribution >= 0.6 is 23.2 Å². The number of carbonyl (C=O) groups is 2. The second-order valence-electron chi connectivity index (χ2n) is 17.6. The quantitative estimate of drug-likeness (QED) is 0.104. The molecule has 3 aliphatic rings. The third-order valence-electron chi connectivity index (χ3n) is 12.4. The highest BCUT2D eigenvalue weighted by Gasteiger charge is 2.31. The molecule has 0 spiro atoms. The van der Waals surface area contributed by atoms with Crippen LogP contribution in [0, 0.1) is 5.41 Å². The number of sulfonamides is 1. The Balaban J connectivity index is 0.958. The number of rotatable bonds is 13. The number of halogens is 2. The van der Waals surface area contributed by atoms with E-state index in [1.165, 1.54) is 22.8 Å². The molecular weight excluding hydrogens is 890 g/mol. The number of anilines is 2. The van der Waals surface area contributed by atoms with Crippen LogP contribution in [0.4, 0.5) is 16.3 Å². The highest BCUT2D eigenvalue weighted by atomic mass is 35.5. The van der Waals surface area contributed by atoms with Crippen molar-refractivity contribution in [3.63, 3.8) is 0 Å². The molecule has 0 radical (unpaired) electrons. The van der Waals surface area contributed by atoms with Crippen molar-refractivity contribution in [1.82, 2.24) is 34.4 Å². The topological polar surface area (TPSA) is 165 Å². The Hall–Kier alpha value is -5.39. The molecule has 3 aromatic heterocycles. The number of piperazine rings is 1. The van der Waals surface area contributed by atoms with Gasteiger partial charge in [0.25, 0.3) is 15.9 Å². The molecule has 1 unspecified atom stereocenters. The molecule has 15 nitrogen and oxygen atoms in total. The first-order chi connectivity index (χ1) is 31.1. The number of nitrogens with zero attached hydrogens (tertiary/aromatic N) is 6. The standard InChI is InChI=1S/C47H55Cl2N9O6S/c1-5-55(4)46(60)58-20-21-63-37(30-58)27-52-44-41(49)24-38(28-53-44)65(61,62)54-45(59)39-11-10-35(23-42(39)64-36-22-32-13-15-50-43(32)51-26-36)57-18-16-56(17-19-57)29-33-12-14-47(2,3)25-40(33)31-6-8-34(48)9-7-31/h6-11,13,15,22-24,26,28,37H,5,12,14,16-21,25,27,29-30H2,1-4H3,(H,50,51)(H,52,53)(H,54,59). The molecule has 65 heavy (non-hydrogen) atoms. The molecule has 2 aliphatic heterocycles. The van der Waals surface area contributed by atoms with Gasteiger partial charge < -0.3 is 34.5 Å². The van der Waals surface area contributed by atoms with E-state index in [1.54, 1.807) is 47.4 Å². The van der Waals surface area contributed by atoms with Crippen LogP contribution in [0.2, 0.25) is 10.0 Å². The monoisotopic (exact) mass is 943 g/mol. The maximum atomic E-state index is 14.0. The van der Waals surface area contributed by atoms with Gasteiger partial charge in [0.1, 0.15) is 27.9 Å². The minimum absolute atomic E-state index is 0.00879. The summed E-state index contributed by atoms with van der Waals surface area (Å²) in [7, 11) is -2.70. The Kier molecular flexibility index (Phi) is 13.9. The Labute approximate surface area is 390 Å². The molecule has 2 saturated heterocycles. The molecule has 8 rings (SSSR count). The second-order valence-corrected chi connectivity index (χ2v) is 20.1. The van der Waals surface area contributed by atoms with Crippen LogP contribution in [0.5, 0.6) is 11.5 Å². The largest absolute Gasteiger partial charge is 0.455 e. The molecule has 3 amide bonds. The van der Waals surface area contributed by atoms with Gasteiger partial charge in [0.05, 0.1) is 36.0 Å². The van der Waals surface area contributed by atoms with E-state index < -0.39 is 15.9 Å². The van der Waals surface area contributed by atoms with Crippen molar-refractivity contribution < 1.29 is 27.5 Å². The molecule has 0 saturated carbocycles. The molecule has 1 atom stereocenters. The summed E-state index contributed by atoms with van der Waals surface area (Å²) in [5, 5.41) is 4.67. The number of hydrogen-bond acceptors (Lipinski definition) is 11. The van der Waals surface area contributed by atoms with Gasteiger partial charge in [-0.3, -0.25) is 9.69 Å². The van der Waals surface area contributed by atoms with Crippen LogP contribution in [0.3, 0.4) is 0 Å². The van der Waals surface area contributed by atoms with Gasteiger partial charge in [-0.05, 0) is 85.2 Å². The summed E-state index contributed by atoms with van der Waals surface area (Å²) >= 11 is 12.8. The number of fused-ring (bicyclic) bond motifs is 1. The van der Waals surface area contributed by atoms with Crippen LogP contribution < -0.4 is 19.7 Å². The zero-order chi connectivity index (χ0) is 45.9. The minimum Gasteiger partial charge on any atom is -0.455 e. The van der Waals surface area contributed by atoms with Crippen molar-refractivity contribution >= 4 is 73.3 Å². The summed E-state index contributed by atoms with van der Waals surface area (Å²) in [6.45, 7) is 12.7. The van der Waals surface area contributed by atoms with Crippen molar-refractivity contribution in [2.45, 2.75) is 51.0 Å². The maximum absolute atomic E-state index is 14.0. The molecule has 344 valence electrons. The maximum Gasteiger partial charge on any atom is 0.319 e. The van der Waals surface area contributed by atoms with E-state index >= 15 is 0 Å². The first-order valence-corrected chi connectivity index (χ1v) is 24.2. The number of morpholine rings is 1. The van der Waals surface area contributed by atoms with E-state index in [0.29, 0.717) is 37.6 Å². The zero-order valence-electron chi connectivity index (χ0n) is 37.1. The molecule has 1 aliphatic carbocycles. The Bertz CT molecular complexity index is 2690. The number of benzene rings is 2. The van der Waals surface area contributed by atoms with Crippen LogP contribution in [0.25, 0.3) is 16.6 Å². The van der Waals surface area contributed by atoms with Gasteiger partial charge in [-0.25, -0.2) is 27.9 Å². The number of nitrogens with one attached hydrogen (secondary N) is 3. The molecule has 2 aromatic carbocycles. The number of carbonyl (C=O) groups excluding carboxylic acids is 2. The van der Waals surface area contributed by atoms with Gasteiger partial charge >= 0.3 is 6.03 Å². The minimum atomic E-state index is -4.45. The van der Waals surface area contributed by atoms with Crippen molar-refractivity contribution in [2.24, 2.45) is 5.41 Å². The van der Waals surface area contributed by atoms with Crippen molar-refractivity contribution in [2.75, 3.05) is 82.8 Å². The number of ether oxygens (including phenoxy) is 2. The summed E-state index contributed by atoms with van der Waals surface area (Å²) < 4.78 is 41.8. The van der Waals surface area contributed by atoms with Gasteiger partial charge in [0.15, 0.2) is 0 Å². The fourth-order valence-corrected chi connectivity index (χ4v) is 9.88. The summed E-state index contributed by atoms with van der Waals surface area (Å²) in [6.07, 6.45) is 7.33. The third-order valence-corrected chi connectivity index (χ3v) is 14.2. The van der Waals surface area contributed by atoms with E-state index in [2.05, 4.69) is 60.8 Å². The molecule has 5 heterocycles. The second kappa shape index (κ2) is 19.6. The summed E-state index contributed by atoms with van der Waals surface area (Å²) in [5.41, 5.74) is 5.88. The van der Waals surface area contributed by atoms with Gasteiger partial charge in [-0.1, -0.05) is 54.8 Å². The van der Waals surface area contributed by atoms with E-state index in [9.17, 15) is 18.0 Å². The Morgan fingerprint density at radius 2 is 1.78 bits per heavy atom. The fraction of sp³-hybridized carbons (Fsp3) is 0.404. The number of aromatic nitrogens is 3. The van der Waals surface area contributed by atoms with Crippen molar-refractivity contribution in [3.05, 3.63) is 106 Å². The predicted molar refractivity (Wildman–Crippen MR) is 255 cm³/mol. The third kappa shape index (κ3) is 11.0. The zero-order valence-corrected chi connectivity index (χ0v) is 39.4. The number of aromatic amines is 1. The highest BCUT2D eigenvalue weighted by molar-refractivity contribution is 7.90. The first kappa shape index (κ1) is 46.2. The number of allylic oxidation sites excluding steroid dienone is 1.